The zero-order chi connectivity index (χ0) is 19.6. The Labute approximate surface area is 156 Å². The number of nitrogens with zero attached hydrogens (tertiary/aromatic N) is 1. The third-order valence-corrected chi connectivity index (χ3v) is 6.29. The van der Waals surface area contributed by atoms with Gasteiger partial charge in [-0.15, -0.1) is 0 Å². The average Bonchev–Trinajstić information content (AvgIpc) is 2.53. The molecule has 0 unspecified atom stereocenters. The molecule has 7 heteroatoms. The van der Waals surface area contributed by atoms with Crippen LogP contribution < -0.4 is 0 Å². The van der Waals surface area contributed by atoms with Gasteiger partial charge in [-0.1, -0.05) is 17.7 Å². The monoisotopic (exact) mass is 383 g/mol. The van der Waals surface area contributed by atoms with E-state index in [1.165, 1.54) is 0 Å². The minimum absolute atomic E-state index is 0.112. The number of amides is 1. The fraction of sp³-hybridized carbons (Fsp3) is 0.632. The van der Waals surface area contributed by atoms with Crippen molar-refractivity contribution in [3.05, 3.63) is 29.8 Å². The SMILES string of the molecule is Cc1ccc(S(=O)(=O)CCC2(O)CCN(C(=O)OC(C)(C)C)CC2)cc1. The summed E-state index contributed by atoms with van der Waals surface area (Å²) >= 11 is 0. The maximum atomic E-state index is 12.5. The van der Waals surface area contributed by atoms with Crippen LogP contribution in [0.5, 0.6) is 0 Å². The van der Waals surface area contributed by atoms with Gasteiger partial charge < -0.3 is 14.7 Å². The molecule has 0 atom stereocenters. The molecule has 0 aromatic heterocycles. The van der Waals surface area contributed by atoms with Gasteiger partial charge in [0.25, 0.3) is 0 Å². The van der Waals surface area contributed by atoms with Gasteiger partial charge in [0.15, 0.2) is 9.84 Å². The van der Waals surface area contributed by atoms with Gasteiger partial charge in [0, 0.05) is 13.1 Å². The van der Waals surface area contributed by atoms with Gasteiger partial charge in [0.1, 0.15) is 5.60 Å². The molecule has 1 saturated heterocycles. The normalized spacial score (nSPS) is 17.8. The van der Waals surface area contributed by atoms with Crippen LogP contribution in [-0.2, 0) is 14.6 Å². The number of carbonyl (C=O) groups excluding carboxylic acids is 1. The number of likely N-dealkylation sites (tertiary alicyclic amines) is 1. The molecule has 2 rings (SSSR count). The van der Waals surface area contributed by atoms with Gasteiger partial charge >= 0.3 is 6.09 Å². The van der Waals surface area contributed by atoms with Crippen LogP contribution in [0.1, 0.15) is 45.6 Å². The third kappa shape index (κ3) is 5.71. The Kier molecular flexibility index (Phi) is 6.02. The molecule has 146 valence electrons. The zero-order valence-corrected chi connectivity index (χ0v) is 16.8. The number of ether oxygens (including phenoxy) is 1. The van der Waals surface area contributed by atoms with Crippen LogP contribution in [0.15, 0.2) is 29.2 Å². The maximum Gasteiger partial charge on any atom is 0.410 e. The predicted molar refractivity (Wildman–Crippen MR) is 99.8 cm³/mol. The fourth-order valence-electron chi connectivity index (χ4n) is 2.87. The first-order valence-corrected chi connectivity index (χ1v) is 10.6. The van der Waals surface area contributed by atoms with Crippen molar-refractivity contribution in [1.82, 2.24) is 4.90 Å². The highest BCUT2D eigenvalue weighted by Crippen LogP contribution is 2.28. The number of carbonyl (C=O) groups is 1. The molecule has 0 saturated carbocycles. The molecule has 1 aliphatic rings. The summed E-state index contributed by atoms with van der Waals surface area (Å²) in [6.07, 6.45) is 0.447. The molecule has 1 aromatic carbocycles. The highest BCUT2D eigenvalue weighted by atomic mass is 32.2. The fourth-order valence-corrected chi connectivity index (χ4v) is 4.30. The number of aliphatic hydroxyl groups is 1. The van der Waals surface area contributed by atoms with Crippen molar-refractivity contribution < 1.29 is 23.1 Å². The summed E-state index contributed by atoms with van der Waals surface area (Å²) in [5, 5.41) is 10.7. The van der Waals surface area contributed by atoms with Crippen LogP contribution in [0, 0.1) is 6.92 Å². The van der Waals surface area contributed by atoms with Crippen LogP contribution in [0.25, 0.3) is 0 Å². The highest BCUT2D eigenvalue weighted by molar-refractivity contribution is 7.91. The van der Waals surface area contributed by atoms with Gasteiger partial charge in [-0.05, 0) is 59.1 Å². The minimum Gasteiger partial charge on any atom is -0.444 e. The lowest BCUT2D eigenvalue weighted by Crippen LogP contribution is -2.48. The van der Waals surface area contributed by atoms with E-state index in [-0.39, 0.29) is 17.1 Å². The van der Waals surface area contributed by atoms with E-state index in [9.17, 15) is 18.3 Å². The predicted octanol–water partition coefficient (Wildman–Crippen LogP) is 2.92. The Bertz CT molecular complexity index is 726. The summed E-state index contributed by atoms with van der Waals surface area (Å²) in [7, 11) is -3.43. The second-order valence-electron chi connectivity index (χ2n) is 8.07. The third-order valence-electron chi connectivity index (χ3n) is 4.56. The minimum atomic E-state index is -3.43. The lowest BCUT2D eigenvalue weighted by Gasteiger charge is -2.38. The number of piperidine rings is 1. The van der Waals surface area contributed by atoms with Crippen LogP contribution in [0.3, 0.4) is 0 Å². The Morgan fingerprint density at radius 3 is 2.23 bits per heavy atom. The first-order chi connectivity index (χ1) is 11.9. The number of benzene rings is 1. The second-order valence-corrected chi connectivity index (χ2v) is 10.2. The van der Waals surface area contributed by atoms with Crippen molar-refractivity contribution in [2.24, 2.45) is 0 Å². The first-order valence-electron chi connectivity index (χ1n) is 8.90. The van der Waals surface area contributed by atoms with E-state index in [4.69, 9.17) is 4.74 Å². The van der Waals surface area contributed by atoms with Gasteiger partial charge in [-0.25, -0.2) is 13.2 Å². The Balaban J connectivity index is 1.91. The maximum absolute atomic E-state index is 12.5. The lowest BCUT2D eigenvalue weighted by atomic mass is 9.89. The molecule has 1 aromatic rings. The topological polar surface area (TPSA) is 83.9 Å². The second kappa shape index (κ2) is 7.56. The van der Waals surface area contributed by atoms with Crippen molar-refractivity contribution >= 4 is 15.9 Å². The van der Waals surface area contributed by atoms with Crippen molar-refractivity contribution in [1.29, 1.82) is 0 Å². The molecule has 0 aliphatic carbocycles. The summed E-state index contributed by atoms with van der Waals surface area (Å²) in [6, 6.07) is 6.72. The van der Waals surface area contributed by atoms with Crippen molar-refractivity contribution in [2.45, 2.75) is 63.1 Å². The van der Waals surface area contributed by atoms with E-state index in [2.05, 4.69) is 0 Å². The van der Waals surface area contributed by atoms with Gasteiger partial charge in [-0.2, -0.15) is 0 Å². The molecule has 1 fully saturated rings. The van der Waals surface area contributed by atoms with Crippen molar-refractivity contribution in [3.8, 4) is 0 Å². The van der Waals surface area contributed by atoms with Crippen LogP contribution in [0.4, 0.5) is 4.79 Å². The quantitative estimate of drug-likeness (QED) is 0.864. The number of hydrogen-bond donors (Lipinski definition) is 1. The van der Waals surface area contributed by atoms with Crippen LogP contribution in [0.2, 0.25) is 0 Å². The summed E-state index contributed by atoms with van der Waals surface area (Å²) in [6.45, 7) is 8.03. The number of sulfone groups is 1. The van der Waals surface area contributed by atoms with Crippen molar-refractivity contribution in [2.75, 3.05) is 18.8 Å². The molecule has 0 radical (unpaired) electrons. The van der Waals surface area contributed by atoms with Crippen molar-refractivity contribution in [3.63, 3.8) is 0 Å². The largest absolute Gasteiger partial charge is 0.444 e. The standard InChI is InChI=1S/C19H29NO5S/c1-15-5-7-16(8-6-15)26(23,24)14-11-19(22)9-12-20(13-10-19)17(21)25-18(2,3)4/h5-8,22H,9-14H2,1-4H3. The molecule has 1 aliphatic heterocycles. The molecule has 0 spiro atoms. The summed E-state index contributed by atoms with van der Waals surface area (Å²) in [5.41, 5.74) is -0.638. The van der Waals surface area contributed by atoms with Crippen LogP contribution in [-0.4, -0.2) is 54.6 Å². The highest BCUT2D eigenvalue weighted by Gasteiger charge is 2.36. The molecular weight excluding hydrogens is 354 g/mol. The van der Waals surface area contributed by atoms with E-state index >= 15 is 0 Å². The van der Waals surface area contributed by atoms with Gasteiger partial charge in [0.2, 0.25) is 0 Å². The molecule has 1 N–H and O–H groups in total. The molecule has 26 heavy (non-hydrogen) atoms. The van der Waals surface area contributed by atoms with E-state index in [1.807, 2.05) is 6.92 Å². The molecule has 6 nitrogen and oxygen atoms in total. The van der Waals surface area contributed by atoms with E-state index < -0.39 is 27.1 Å². The summed E-state index contributed by atoms with van der Waals surface area (Å²) in [4.78, 5) is 13.9. The molecular formula is C19H29NO5S. The van der Waals surface area contributed by atoms with Crippen LogP contribution >= 0.6 is 0 Å². The lowest BCUT2D eigenvalue weighted by molar-refractivity contribution is -0.0334. The Morgan fingerprint density at radius 1 is 1.19 bits per heavy atom. The van der Waals surface area contributed by atoms with E-state index in [0.717, 1.165) is 5.56 Å². The summed E-state index contributed by atoms with van der Waals surface area (Å²) < 4.78 is 30.3. The molecule has 0 bridgehead atoms. The smallest absolute Gasteiger partial charge is 0.410 e. The first kappa shape index (κ1) is 20.7. The number of aryl methyl sites for hydroxylation is 1. The van der Waals surface area contributed by atoms with E-state index in [1.54, 1.807) is 49.9 Å². The molecule has 1 amide bonds. The van der Waals surface area contributed by atoms with Gasteiger partial charge in [0.05, 0.1) is 16.2 Å². The zero-order valence-electron chi connectivity index (χ0n) is 16.0. The Morgan fingerprint density at radius 2 is 1.73 bits per heavy atom. The van der Waals surface area contributed by atoms with Gasteiger partial charge in [-0.3, -0.25) is 0 Å². The average molecular weight is 384 g/mol. The number of hydrogen-bond acceptors (Lipinski definition) is 5. The Hall–Kier alpha value is -1.60. The molecule has 1 heterocycles. The van der Waals surface area contributed by atoms with E-state index in [0.29, 0.717) is 25.9 Å². The number of rotatable bonds is 4. The summed E-state index contributed by atoms with van der Waals surface area (Å²) in [5.74, 6) is -0.112.